The molecule has 1 saturated heterocycles. The minimum Gasteiger partial charge on any atom is -0.395 e. The number of anilines is 1. The average molecular weight is 294 g/mol. The number of aliphatic hydroxyl groups is 1. The fraction of sp³-hybridized carbons (Fsp3) is 0.400. The predicted molar refractivity (Wildman–Crippen MR) is 77.6 cm³/mol. The molecule has 2 N–H and O–H groups in total. The fourth-order valence-electron chi connectivity index (χ4n) is 1.92. The van der Waals surface area contributed by atoms with E-state index in [0.29, 0.717) is 35.9 Å². The number of nitrogens with one attached hydrogen (secondary N) is 1. The highest BCUT2D eigenvalue weighted by atomic mass is 35.5. The maximum Gasteiger partial charge on any atom is 0.229 e. The molecule has 4 nitrogen and oxygen atoms in total. The zero-order valence-electron chi connectivity index (χ0n) is 11.0. The van der Waals surface area contributed by atoms with Crippen LogP contribution in [0.3, 0.4) is 0 Å². The van der Waals surface area contributed by atoms with Crippen LogP contribution in [0, 0.1) is 17.8 Å². The van der Waals surface area contributed by atoms with Crippen LogP contribution < -0.4 is 5.32 Å². The van der Waals surface area contributed by atoms with Crippen molar-refractivity contribution in [3.63, 3.8) is 0 Å². The second-order valence-electron chi connectivity index (χ2n) is 4.52. The molecule has 1 amide bonds. The Morgan fingerprint density at radius 2 is 2.40 bits per heavy atom. The van der Waals surface area contributed by atoms with Gasteiger partial charge in [0.25, 0.3) is 0 Å². The van der Waals surface area contributed by atoms with Gasteiger partial charge in [0.05, 0.1) is 24.8 Å². The number of rotatable bonds is 3. The van der Waals surface area contributed by atoms with Crippen molar-refractivity contribution in [1.82, 2.24) is 0 Å². The lowest BCUT2D eigenvalue weighted by atomic mass is 10.1. The van der Waals surface area contributed by atoms with Gasteiger partial charge in [-0.05, 0) is 24.6 Å². The normalized spacial score (nSPS) is 17.4. The SMILES string of the molecule is O=C(Nc1cc(Cl)ccc1C#CCCO)C1CCOC1. The van der Waals surface area contributed by atoms with E-state index in [1.54, 1.807) is 18.2 Å². The quantitative estimate of drug-likeness (QED) is 0.839. The third kappa shape index (κ3) is 3.97. The van der Waals surface area contributed by atoms with E-state index in [4.69, 9.17) is 21.4 Å². The Morgan fingerprint density at radius 3 is 3.10 bits per heavy atom. The summed E-state index contributed by atoms with van der Waals surface area (Å²) in [6.07, 6.45) is 1.13. The van der Waals surface area contributed by atoms with Gasteiger partial charge in [0, 0.05) is 23.6 Å². The molecule has 0 aromatic heterocycles. The summed E-state index contributed by atoms with van der Waals surface area (Å²) in [5.74, 6) is 5.57. The van der Waals surface area contributed by atoms with Gasteiger partial charge in [-0.25, -0.2) is 0 Å². The zero-order valence-corrected chi connectivity index (χ0v) is 11.7. The highest BCUT2D eigenvalue weighted by molar-refractivity contribution is 6.31. The fourth-order valence-corrected chi connectivity index (χ4v) is 2.09. The minimum atomic E-state index is -0.118. The molecule has 1 aromatic carbocycles. The number of ether oxygens (including phenoxy) is 1. The summed E-state index contributed by atoms with van der Waals surface area (Å²) in [7, 11) is 0. The summed E-state index contributed by atoms with van der Waals surface area (Å²) in [6.45, 7) is 1.09. The van der Waals surface area contributed by atoms with Gasteiger partial charge in [0.2, 0.25) is 5.91 Å². The van der Waals surface area contributed by atoms with E-state index in [9.17, 15) is 4.79 Å². The lowest BCUT2D eigenvalue weighted by Gasteiger charge is -2.11. The lowest BCUT2D eigenvalue weighted by molar-refractivity contribution is -0.119. The van der Waals surface area contributed by atoms with Gasteiger partial charge in [-0.2, -0.15) is 0 Å². The van der Waals surface area contributed by atoms with E-state index in [2.05, 4.69) is 17.2 Å². The smallest absolute Gasteiger partial charge is 0.229 e. The van der Waals surface area contributed by atoms with E-state index in [-0.39, 0.29) is 18.4 Å². The number of hydrogen-bond donors (Lipinski definition) is 2. The molecule has 1 atom stereocenters. The van der Waals surface area contributed by atoms with Gasteiger partial charge in [-0.3, -0.25) is 4.79 Å². The second kappa shape index (κ2) is 7.30. The van der Waals surface area contributed by atoms with E-state index in [1.165, 1.54) is 0 Å². The summed E-state index contributed by atoms with van der Waals surface area (Å²) in [6, 6.07) is 5.16. The molecule has 0 saturated carbocycles. The summed E-state index contributed by atoms with van der Waals surface area (Å²) < 4.78 is 5.21. The Kier molecular flexibility index (Phi) is 5.42. The van der Waals surface area contributed by atoms with Gasteiger partial charge in [0.15, 0.2) is 0 Å². The van der Waals surface area contributed by atoms with Crippen molar-refractivity contribution in [3.8, 4) is 11.8 Å². The second-order valence-corrected chi connectivity index (χ2v) is 4.95. The molecule has 0 radical (unpaired) electrons. The van der Waals surface area contributed by atoms with Crippen molar-refractivity contribution < 1.29 is 14.6 Å². The largest absolute Gasteiger partial charge is 0.395 e. The van der Waals surface area contributed by atoms with Crippen LogP contribution >= 0.6 is 11.6 Å². The van der Waals surface area contributed by atoms with Crippen LogP contribution in [-0.4, -0.2) is 30.8 Å². The molecule has 1 aromatic rings. The van der Waals surface area contributed by atoms with Gasteiger partial charge < -0.3 is 15.2 Å². The van der Waals surface area contributed by atoms with Crippen molar-refractivity contribution in [2.45, 2.75) is 12.8 Å². The molecular weight excluding hydrogens is 278 g/mol. The summed E-state index contributed by atoms with van der Waals surface area (Å²) in [4.78, 5) is 12.1. The van der Waals surface area contributed by atoms with E-state index in [0.717, 1.165) is 6.42 Å². The van der Waals surface area contributed by atoms with Crippen LogP contribution in [0.5, 0.6) is 0 Å². The molecule has 106 valence electrons. The number of halogens is 1. The number of hydrogen-bond acceptors (Lipinski definition) is 3. The van der Waals surface area contributed by atoms with Crippen LogP contribution in [0.1, 0.15) is 18.4 Å². The number of carbonyl (C=O) groups is 1. The molecule has 1 aliphatic rings. The summed E-state index contributed by atoms with van der Waals surface area (Å²) in [5, 5.41) is 12.1. The third-order valence-corrected chi connectivity index (χ3v) is 3.23. The Labute approximate surface area is 123 Å². The van der Waals surface area contributed by atoms with Crippen molar-refractivity contribution in [1.29, 1.82) is 0 Å². The maximum absolute atomic E-state index is 12.1. The van der Waals surface area contributed by atoms with Gasteiger partial charge in [-0.1, -0.05) is 23.4 Å². The first-order valence-corrected chi connectivity index (χ1v) is 6.86. The Morgan fingerprint density at radius 1 is 1.55 bits per heavy atom. The van der Waals surface area contributed by atoms with Crippen LogP contribution in [0.15, 0.2) is 18.2 Å². The van der Waals surface area contributed by atoms with Crippen molar-refractivity contribution in [2.75, 3.05) is 25.1 Å². The molecule has 1 heterocycles. The average Bonchev–Trinajstić information content (AvgIpc) is 2.95. The van der Waals surface area contributed by atoms with Crippen molar-refractivity contribution >= 4 is 23.2 Å². The molecule has 0 spiro atoms. The van der Waals surface area contributed by atoms with Gasteiger partial charge >= 0.3 is 0 Å². The zero-order chi connectivity index (χ0) is 14.4. The van der Waals surface area contributed by atoms with Crippen LogP contribution in [0.2, 0.25) is 5.02 Å². The van der Waals surface area contributed by atoms with Crippen LogP contribution in [0.25, 0.3) is 0 Å². The molecule has 20 heavy (non-hydrogen) atoms. The van der Waals surface area contributed by atoms with Gasteiger partial charge in [0.1, 0.15) is 0 Å². The van der Waals surface area contributed by atoms with Crippen molar-refractivity contribution in [3.05, 3.63) is 28.8 Å². The molecule has 0 bridgehead atoms. The lowest BCUT2D eigenvalue weighted by Crippen LogP contribution is -2.23. The molecule has 2 rings (SSSR count). The maximum atomic E-state index is 12.1. The molecule has 1 fully saturated rings. The number of aliphatic hydroxyl groups excluding tert-OH is 1. The molecule has 1 aliphatic heterocycles. The predicted octanol–water partition coefficient (Wildman–Crippen LogP) is 2.05. The number of amides is 1. The first kappa shape index (κ1) is 14.9. The molecule has 0 aliphatic carbocycles. The monoisotopic (exact) mass is 293 g/mol. The van der Waals surface area contributed by atoms with Crippen LogP contribution in [0.4, 0.5) is 5.69 Å². The number of carbonyl (C=O) groups excluding carboxylic acids is 1. The highest BCUT2D eigenvalue weighted by Crippen LogP contribution is 2.22. The minimum absolute atomic E-state index is 0.0156. The Hall–Kier alpha value is -1.54. The van der Waals surface area contributed by atoms with Crippen LogP contribution in [-0.2, 0) is 9.53 Å². The van der Waals surface area contributed by atoms with Gasteiger partial charge in [-0.15, -0.1) is 0 Å². The standard InChI is InChI=1S/C15H16ClNO3/c16-13-5-4-11(3-1-2-7-18)14(9-13)17-15(19)12-6-8-20-10-12/h4-5,9,12,18H,2,6-8,10H2,(H,17,19). The van der Waals surface area contributed by atoms with E-state index >= 15 is 0 Å². The Bertz CT molecular complexity index is 542. The topological polar surface area (TPSA) is 58.6 Å². The first-order valence-electron chi connectivity index (χ1n) is 6.48. The van der Waals surface area contributed by atoms with Crippen molar-refractivity contribution in [2.24, 2.45) is 5.92 Å². The summed E-state index contributed by atoms with van der Waals surface area (Å²) >= 11 is 5.96. The molecular formula is C15H16ClNO3. The van der Waals surface area contributed by atoms with E-state index in [1.807, 2.05) is 0 Å². The first-order chi connectivity index (χ1) is 9.70. The molecule has 5 heteroatoms. The number of benzene rings is 1. The third-order valence-electron chi connectivity index (χ3n) is 3.00. The Balaban J connectivity index is 2.14. The molecule has 1 unspecified atom stereocenters. The highest BCUT2D eigenvalue weighted by Gasteiger charge is 2.23. The summed E-state index contributed by atoms with van der Waals surface area (Å²) in [5.41, 5.74) is 1.29. The van der Waals surface area contributed by atoms with E-state index < -0.39 is 0 Å².